The van der Waals surface area contributed by atoms with Crippen molar-refractivity contribution in [3.8, 4) is 0 Å². The van der Waals surface area contributed by atoms with E-state index in [1.54, 1.807) is 0 Å². The quantitative estimate of drug-likeness (QED) is 0.647. The molecule has 1 aliphatic rings. The van der Waals surface area contributed by atoms with Crippen molar-refractivity contribution < 1.29 is 9.59 Å². The molecule has 0 saturated heterocycles. The first kappa shape index (κ1) is 19.9. The minimum absolute atomic E-state index is 0.0478. The van der Waals surface area contributed by atoms with Crippen LogP contribution in [0.15, 0.2) is 54.6 Å². The third kappa shape index (κ3) is 5.35. The Morgan fingerprint density at radius 3 is 2.07 bits per heavy atom. The zero-order chi connectivity index (χ0) is 20.1. The molecule has 1 saturated carbocycles. The fourth-order valence-electron chi connectivity index (χ4n) is 3.20. The molecule has 0 radical (unpaired) electrons. The molecule has 3 N–H and O–H groups in total. The molecule has 28 heavy (non-hydrogen) atoms. The Bertz CT molecular complexity index is 798. The molecule has 1 aliphatic carbocycles. The first-order chi connectivity index (χ1) is 13.4. The molecule has 2 atom stereocenters. The van der Waals surface area contributed by atoms with Gasteiger partial charge in [0.05, 0.1) is 12.1 Å². The number of hydrogen-bond donors (Lipinski definition) is 3. The second-order valence-electron chi connectivity index (χ2n) is 7.86. The van der Waals surface area contributed by atoms with Crippen molar-refractivity contribution in [3.63, 3.8) is 0 Å². The molecule has 0 aliphatic heterocycles. The minimum Gasteiger partial charge on any atom is -0.332 e. The van der Waals surface area contributed by atoms with Crippen LogP contribution >= 0.6 is 0 Å². The number of anilines is 1. The van der Waals surface area contributed by atoms with Crippen LogP contribution in [-0.2, 0) is 4.79 Å². The number of carbonyl (C=O) groups is 2. The number of urea groups is 1. The van der Waals surface area contributed by atoms with Gasteiger partial charge in [-0.25, -0.2) is 4.79 Å². The number of benzene rings is 2. The molecular weight excluding hydrogens is 350 g/mol. The summed E-state index contributed by atoms with van der Waals surface area (Å²) in [6.07, 6.45) is 1.97. The predicted octanol–water partition coefficient (Wildman–Crippen LogP) is 4.79. The van der Waals surface area contributed by atoms with Crippen molar-refractivity contribution in [1.82, 2.24) is 10.6 Å². The highest BCUT2D eigenvalue weighted by Crippen LogP contribution is 2.30. The van der Waals surface area contributed by atoms with Crippen molar-refractivity contribution >= 4 is 17.6 Å². The maximum atomic E-state index is 12.5. The third-order valence-electron chi connectivity index (χ3n) is 5.09. The van der Waals surface area contributed by atoms with Gasteiger partial charge in [0, 0.05) is 11.6 Å². The van der Waals surface area contributed by atoms with E-state index >= 15 is 0 Å². The second kappa shape index (κ2) is 8.91. The van der Waals surface area contributed by atoms with Gasteiger partial charge in [-0.3, -0.25) is 4.79 Å². The Labute approximate surface area is 166 Å². The molecule has 5 heteroatoms. The molecule has 0 spiro atoms. The summed E-state index contributed by atoms with van der Waals surface area (Å²) in [4.78, 5) is 24.4. The summed E-state index contributed by atoms with van der Waals surface area (Å²) >= 11 is 0. The van der Waals surface area contributed by atoms with Gasteiger partial charge in [-0.2, -0.15) is 0 Å². The Morgan fingerprint density at radius 2 is 1.50 bits per heavy atom. The molecule has 0 bridgehead atoms. The van der Waals surface area contributed by atoms with E-state index in [0.717, 1.165) is 29.7 Å². The summed E-state index contributed by atoms with van der Waals surface area (Å²) < 4.78 is 0. The zero-order valence-electron chi connectivity index (χ0n) is 16.7. The van der Waals surface area contributed by atoms with Crippen molar-refractivity contribution in [2.45, 2.75) is 45.7 Å². The fraction of sp³-hybridized carbons (Fsp3) is 0.391. The Hall–Kier alpha value is -2.82. The largest absolute Gasteiger partial charge is 0.332 e. The number of hydrogen-bond acceptors (Lipinski definition) is 2. The molecule has 0 heterocycles. The Morgan fingerprint density at radius 1 is 0.857 bits per heavy atom. The van der Waals surface area contributed by atoms with Gasteiger partial charge in [0.2, 0.25) is 5.91 Å². The molecule has 0 aromatic heterocycles. The van der Waals surface area contributed by atoms with Crippen molar-refractivity contribution in [2.24, 2.45) is 11.8 Å². The van der Waals surface area contributed by atoms with E-state index in [4.69, 9.17) is 0 Å². The van der Waals surface area contributed by atoms with Crippen LogP contribution in [0.25, 0.3) is 0 Å². The van der Waals surface area contributed by atoms with Crippen LogP contribution in [-0.4, -0.2) is 11.9 Å². The van der Waals surface area contributed by atoms with Crippen LogP contribution in [0.5, 0.6) is 0 Å². The summed E-state index contributed by atoms with van der Waals surface area (Å²) in [5, 5.41) is 9.01. The van der Waals surface area contributed by atoms with Crippen molar-refractivity contribution in [2.75, 3.05) is 5.32 Å². The molecular formula is C23H29N3O2. The first-order valence-electron chi connectivity index (χ1n) is 9.97. The number of amides is 3. The molecule has 5 nitrogen and oxygen atoms in total. The summed E-state index contributed by atoms with van der Waals surface area (Å²) in [5.41, 5.74) is 2.87. The first-order valence-corrected chi connectivity index (χ1v) is 9.97. The molecule has 3 amide bonds. The minimum atomic E-state index is -0.193. The standard InChI is InChI=1S/C23H29N3O2/c1-15(2)21(18-7-5-4-6-8-18)26-23(28)24-16(3)17-11-13-20(14-12-17)25-22(27)19-9-10-19/h4-8,11-16,19,21H,9-10H2,1-3H3,(H,25,27)(H2,24,26,28). The Balaban J connectivity index is 1.56. The van der Waals surface area contributed by atoms with E-state index in [2.05, 4.69) is 29.8 Å². The van der Waals surface area contributed by atoms with Crippen LogP contribution in [0.2, 0.25) is 0 Å². The average molecular weight is 380 g/mol. The third-order valence-corrected chi connectivity index (χ3v) is 5.09. The lowest BCUT2D eigenvalue weighted by Crippen LogP contribution is -2.40. The van der Waals surface area contributed by atoms with Crippen molar-refractivity contribution in [3.05, 3.63) is 65.7 Å². The van der Waals surface area contributed by atoms with E-state index in [9.17, 15) is 9.59 Å². The number of rotatable bonds is 7. The van der Waals surface area contributed by atoms with Crippen molar-refractivity contribution in [1.29, 1.82) is 0 Å². The highest BCUT2D eigenvalue weighted by molar-refractivity contribution is 5.94. The van der Waals surface area contributed by atoms with Crippen LogP contribution in [0.1, 0.15) is 56.8 Å². The van der Waals surface area contributed by atoms with E-state index < -0.39 is 0 Å². The molecule has 2 aromatic rings. The van der Waals surface area contributed by atoms with Gasteiger partial charge in [0.15, 0.2) is 0 Å². The van der Waals surface area contributed by atoms with Crippen LogP contribution < -0.4 is 16.0 Å². The molecule has 2 unspecified atom stereocenters. The van der Waals surface area contributed by atoms with E-state index in [1.165, 1.54) is 0 Å². The smallest absolute Gasteiger partial charge is 0.315 e. The van der Waals surface area contributed by atoms with Gasteiger partial charge in [0.25, 0.3) is 0 Å². The van der Waals surface area contributed by atoms with Gasteiger partial charge >= 0.3 is 6.03 Å². The van der Waals surface area contributed by atoms with Crippen LogP contribution in [0.3, 0.4) is 0 Å². The normalized spacial score (nSPS) is 15.6. The topological polar surface area (TPSA) is 70.2 Å². The van der Waals surface area contributed by atoms with E-state index in [0.29, 0.717) is 0 Å². The number of nitrogens with one attached hydrogen (secondary N) is 3. The maximum absolute atomic E-state index is 12.5. The summed E-state index contributed by atoms with van der Waals surface area (Å²) in [6.45, 7) is 6.14. The summed E-state index contributed by atoms with van der Waals surface area (Å²) in [7, 11) is 0. The SMILES string of the molecule is CC(NC(=O)NC(c1ccccc1)C(C)C)c1ccc(NC(=O)C2CC2)cc1. The monoisotopic (exact) mass is 379 g/mol. The summed E-state index contributed by atoms with van der Waals surface area (Å²) in [6, 6.07) is 17.2. The molecule has 148 valence electrons. The number of carbonyl (C=O) groups excluding carboxylic acids is 2. The van der Waals surface area contributed by atoms with E-state index in [-0.39, 0.29) is 35.9 Å². The highest BCUT2D eigenvalue weighted by Gasteiger charge is 2.29. The molecule has 1 fully saturated rings. The van der Waals surface area contributed by atoms with Gasteiger partial charge < -0.3 is 16.0 Å². The lowest BCUT2D eigenvalue weighted by atomic mass is 9.96. The zero-order valence-corrected chi connectivity index (χ0v) is 16.7. The predicted molar refractivity (Wildman–Crippen MR) is 112 cm³/mol. The molecule has 2 aromatic carbocycles. The van der Waals surface area contributed by atoms with Gasteiger partial charge in [-0.05, 0) is 48.9 Å². The van der Waals surface area contributed by atoms with Gasteiger partial charge in [0.1, 0.15) is 0 Å². The van der Waals surface area contributed by atoms with Gasteiger partial charge in [-0.1, -0.05) is 56.3 Å². The fourth-order valence-corrected chi connectivity index (χ4v) is 3.20. The summed E-state index contributed by atoms with van der Waals surface area (Å²) in [5.74, 6) is 0.555. The lowest BCUT2D eigenvalue weighted by molar-refractivity contribution is -0.117. The highest BCUT2D eigenvalue weighted by atomic mass is 16.2. The molecule has 3 rings (SSSR count). The maximum Gasteiger partial charge on any atom is 0.315 e. The second-order valence-corrected chi connectivity index (χ2v) is 7.86. The van der Waals surface area contributed by atoms with Crippen LogP contribution in [0, 0.1) is 11.8 Å². The van der Waals surface area contributed by atoms with Gasteiger partial charge in [-0.15, -0.1) is 0 Å². The van der Waals surface area contributed by atoms with E-state index in [1.807, 2.05) is 61.5 Å². The Kier molecular flexibility index (Phi) is 6.34. The average Bonchev–Trinajstić information content (AvgIpc) is 3.52. The lowest BCUT2D eigenvalue weighted by Gasteiger charge is -2.24. The van der Waals surface area contributed by atoms with Crippen LogP contribution in [0.4, 0.5) is 10.5 Å².